The van der Waals surface area contributed by atoms with E-state index >= 15 is 0 Å². The molecule has 4 aromatic rings. The molecular formula is C26H25N3. The summed E-state index contributed by atoms with van der Waals surface area (Å²) in [5, 5.41) is 0. The van der Waals surface area contributed by atoms with E-state index in [2.05, 4.69) is 72.3 Å². The van der Waals surface area contributed by atoms with Crippen molar-refractivity contribution in [1.82, 2.24) is 9.97 Å². The van der Waals surface area contributed by atoms with Crippen molar-refractivity contribution in [2.24, 2.45) is 0 Å². The Kier molecular flexibility index (Phi) is 5.66. The van der Waals surface area contributed by atoms with Gasteiger partial charge in [0.15, 0.2) is 0 Å². The molecule has 144 valence electrons. The number of aromatic nitrogens is 2. The van der Waals surface area contributed by atoms with Crippen molar-refractivity contribution in [1.29, 1.82) is 0 Å². The van der Waals surface area contributed by atoms with Crippen LogP contribution in [-0.2, 0) is 0 Å². The highest BCUT2D eigenvalue weighted by atomic mass is 15.1. The minimum absolute atomic E-state index is 0.881. The lowest BCUT2D eigenvalue weighted by atomic mass is 10.0. The summed E-state index contributed by atoms with van der Waals surface area (Å²) >= 11 is 0. The molecule has 29 heavy (non-hydrogen) atoms. The molecule has 0 N–H and O–H groups in total. The molecule has 0 radical (unpaired) electrons. The summed E-state index contributed by atoms with van der Waals surface area (Å²) in [6.45, 7) is 6.39. The van der Waals surface area contributed by atoms with Crippen LogP contribution in [0.15, 0.2) is 91.1 Å². The number of hydrogen-bond donors (Lipinski definition) is 0. The minimum Gasteiger partial charge on any atom is -0.372 e. The van der Waals surface area contributed by atoms with Crippen LogP contribution in [0.25, 0.3) is 33.8 Å². The number of benzene rings is 2. The molecule has 0 spiro atoms. The lowest BCUT2D eigenvalue weighted by Gasteiger charge is -2.21. The van der Waals surface area contributed by atoms with Gasteiger partial charge < -0.3 is 4.90 Å². The summed E-state index contributed by atoms with van der Waals surface area (Å²) in [7, 11) is 0. The van der Waals surface area contributed by atoms with Gasteiger partial charge in [-0.3, -0.25) is 4.98 Å². The average Bonchev–Trinajstić information content (AvgIpc) is 2.81. The van der Waals surface area contributed by atoms with Crippen LogP contribution >= 0.6 is 0 Å². The van der Waals surface area contributed by atoms with Gasteiger partial charge in [0.25, 0.3) is 0 Å². The van der Waals surface area contributed by atoms with Gasteiger partial charge >= 0.3 is 0 Å². The molecule has 3 heteroatoms. The van der Waals surface area contributed by atoms with E-state index in [1.165, 1.54) is 11.3 Å². The first kappa shape index (κ1) is 18.9. The second-order valence-corrected chi connectivity index (χ2v) is 6.93. The highest BCUT2D eigenvalue weighted by molar-refractivity contribution is 5.76. The second kappa shape index (κ2) is 8.70. The maximum Gasteiger partial charge on any atom is 0.0899 e. The normalized spacial score (nSPS) is 10.7. The van der Waals surface area contributed by atoms with Gasteiger partial charge in [-0.15, -0.1) is 0 Å². The number of rotatable bonds is 6. The molecule has 2 aromatic heterocycles. The summed E-state index contributed by atoms with van der Waals surface area (Å²) in [5.74, 6) is 0. The van der Waals surface area contributed by atoms with E-state index in [1.54, 1.807) is 0 Å². The average molecular weight is 380 g/mol. The van der Waals surface area contributed by atoms with Crippen LogP contribution < -0.4 is 4.90 Å². The maximum atomic E-state index is 4.90. The fourth-order valence-corrected chi connectivity index (χ4v) is 3.55. The number of hydrogen-bond acceptors (Lipinski definition) is 3. The smallest absolute Gasteiger partial charge is 0.0899 e. The van der Waals surface area contributed by atoms with Crippen molar-refractivity contribution in [3.05, 3.63) is 91.1 Å². The van der Waals surface area contributed by atoms with Gasteiger partial charge in [0.1, 0.15) is 0 Å². The molecule has 0 unspecified atom stereocenters. The summed E-state index contributed by atoms with van der Waals surface area (Å²) in [4.78, 5) is 11.8. The monoisotopic (exact) mass is 379 g/mol. The number of nitrogens with zero attached hydrogens (tertiary/aromatic N) is 3. The minimum atomic E-state index is 0.881. The lowest BCUT2D eigenvalue weighted by molar-refractivity contribution is 0.866. The van der Waals surface area contributed by atoms with Gasteiger partial charge in [0.2, 0.25) is 0 Å². The molecule has 0 aliphatic rings. The zero-order valence-corrected chi connectivity index (χ0v) is 16.9. The van der Waals surface area contributed by atoms with Crippen LogP contribution in [0, 0.1) is 0 Å². The summed E-state index contributed by atoms with van der Waals surface area (Å²) in [6, 6.07) is 29.3. The van der Waals surface area contributed by atoms with Gasteiger partial charge in [-0.25, -0.2) is 4.98 Å². The first-order valence-corrected chi connectivity index (χ1v) is 10.1. The lowest BCUT2D eigenvalue weighted by Crippen LogP contribution is -2.21. The first-order chi connectivity index (χ1) is 14.3. The fraction of sp³-hybridized carbons (Fsp3) is 0.154. The molecule has 0 aliphatic carbocycles. The van der Waals surface area contributed by atoms with Crippen molar-refractivity contribution < 1.29 is 0 Å². The van der Waals surface area contributed by atoms with Crippen LogP contribution in [-0.4, -0.2) is 23.1 Å². The predicted molar refractivity (Wildman–Crippen MR) is 122 cm³/mol. The maximum absolute atomic E-state index is 4.90. The van der Waals surface area contributed by atoms with E-state index in [-0.39, 0.29) is 0 Å². The Morgan fingerprint density at radius 3 is 1.97 bits per heavy atom. The molecule has 0 saturated carbocycles. The van der Waals surface area contributed by atoms with E-state index in [9.17, 15) is 0 Å². The second-order valence-electron chi connectivity index (χ2n) is 6.93. The van der Waals surface area contributed by atoms with Gasteiger partial charge in [-0.05, 0) is 61.4 Å². The highest BCUT2D eigenvalue weighted by Crippen LogP contribution is 2.30. The molecule has 0 atom stereocenters. The van der Waals surface area contributed by atoms with Gasteiger partial charge in [-0.2, -0.15) is 0 Å². The molecule has 3 nitrogen and oxygen atoms in total. The van der Waals surface area contributed by atoms with Crippen molar-refractivity contribution in [3.8, 4) is 33.8 Å². The Bertz CT molecular complexity index is 996. The van der Waals surface area contributed by atoms with Crippen molar-refractivity contribution in [3.63, 3.8) is 0 Å². The molecule has 4 rings (SSSR count). The summed E-state index contributed by atoms with van der Waals surface area (Å²) in [6.07, 6.45) is 1.81. The van der Waals surface area contributed by atoms with E-state index in [0.717, 1.165) is 41.3 Å². The van der Waals surface area contributed by atoms with Gasteiger partial charge in [0, 0.05) is 30.5 Å². The van der Waals surface area contributed by atoms with E-state index in [1.807, 2.05) is 42.6 Å². The molecule has 0 bridgehead atoms. The zero-order chi connectivity index (χ0) is 20.1. The molecule has 0 aliphatic heterocycles. The van der Waals surface area contributed by atoms with Gasteiger partial charge in [0.05, 0.1) is 17.1 Å². The topological polar surface area (TPSA) is 29.0 Å². The Labute approximate surface area is 172 Å². The molecule has 2 aromatic carbocycles. The molecule has 0 saturated heterocycles. The highest BCUT2D eigenvalue weighted by Gasteiger charge is 2.10. The Balaban J connectivity index is 1.80. The van der Waals surface area contributed by atoms with Gasteiger partial charge in [-0.1, -0.05) is 48.5 Å². The van der Waals surface area contributed by atoms with Crippen LogP contribution in [0.5, 0.6) is 0 Å². The molecule has 0 fully saturated rings. The molecular weight excluding hydrogens is 354 g/mol. The summed E-state index contributed by atoms with van der Waals surface area (Å²) in [5.41, 5.74) is 7.40. The van der Waals surface area contributed by atoms with Crippen LogP contribution in [0.4, 0.5) is 5.69 Å². The SMILES string of the molecule is CCN(CC)c1ccc(-c2cc(-c3ccccc3)nc(-c3ccccn3)c2)cc1. The Morgan fingerprint density at radius 2 is 1.31 bits per heavy atom. The fourth-order valence-electron chi connectivity index (χ4n) is 3.55. The van der Waals surface area contributed by atoms with E-state index < -0.39 is 0 Å². The van der Waals surface area contributed by atoms with Crippen LogP contribution in [0.1, 0.15) is 13.8 Å². The summed E-state index contributed by atoms with van der Waals surface area (Å²) < 4.78 is 0. The van der Waals surface area contributed by atoms with E-state index in [4.69, 9.17) is 4.98 Å². The standard InChI is InChI=1S/C26H25N3/c1-3-29(4-2)23-15-13-20(14-16-23)22-18-25(21-10-6-5-7-11-21)28-26(19-22)24-12-8-9-17-27-24/h5-19H,3-4H2,1-2H3. The van der Waals surface area contributed by atoms with Crippen LogP contribution in [0.2, 0.25) is 0 Å². The Morgan fingerprint density at radius 1 is 0.621 bits per heavy atom. The number of pyridine rings is 2. The predicted octanol–water partition coefficient (Wildman–Crippen LogP) is 6.32. The quantitative estimate of drug-likeness (QED) is 0.392. The van der Waals surface area contributed by atoms with Crippen molar-refractivity contribution >= 4 is 5.69 Å². The van der Waals surface area contributed by atoms with E-state index in [0.29, 0.717) is 0 Å². The van der Waals surface area contributed by atoms with Crippen LogP contribution in [0.3, 0.4) is 0 Å². The molecule has 2 heterocycles. The first-order valence-electron chi connectivity index (χ1n) is 10.1. The zero-order valence-electron chi connectivity index (χ0n) is 16.9. The van der Waals surface area contributed by atoms with Crippen molar-refractivity contribution in [2.45, 2.75) is 13.8 Å². The third kappa shape index (κ3) is 4.19. The third-order valence-corrected chi connectivity index (χ3v) is 5.15. The number of anilines is 1. The Hall–Kier alpha value is -3.46. The third-order valence-electron chi connectivity index (χ3n) is 5.15. The van der Waals surface area contributed by atoms with Crippen molar-refractivity contribution in [2.75, 3.05) is 18.0 Å². The largest absolute Gasteiger partial charge is 0.372 e. The molecule has 0 amide bonds.